The Balaban J connectivity index is 0.00000392. The van der Waals surface area contributed by atoms with Crippen LogP contribution < -0.4 is 20.7 Å². The zero-order valence-corrected chi connectivity index (χ0v) is 18.9. The Bertz CT molecular complexity index is 746. The lowest BCUT2D eigenvalue weighted by atomic mass is 10.2. The lowest BCUT2D eigenvalue weighted by molar-refractivity contribution is -0.116. The summed E-state index contributed by atoms with van der Waals surface area (Å²) in [5, 5.41) is 9.46. The summed E-state index contributed by atoms with van der Waals surface area (Å²) in [7, 11) is 3.40. The van der Waals surface area contributed by atoms with Crippen molar-refractivity contribution in [3.63, 3.8) is 0 Å². The van der Waals surface area contributed by atoms with Crippen LogP contribution in [0.3, 0.4) is 0 Å². The number of halogens is 1. The van der Waals surface area contributed by atoms with Gasteiger partial charge in [0.05, 0.1) is 7.11 Å². The fraction of sp³-hybridized carbons (Fsp3) is 0.333. The highest BCUT2D eigenvalue weighted by Gasteiger charge is 2.02. The molecule has 1 amide bonds. The summed E-state index contributed by atoms with van der Waals surface area (Å²) in [6.07, 6.45) is 1.38. The molecule has 0 atom stereocenters. The second kappa shape index (κ2) is 13.0. The Hall–Kier alpha value is -2.29. The van der Waals surface area contributed by atoms with Gasteiger partial charge in [-0.25, -0.2) is 0 Å². The highest BCUT2D eigenvalue weighted by Crippen LogP contribution is 2.11. The van der Waals surface area contributed by atoms with E-state index in [1.54, 1.807) is 14.2 Å². The van der Waals surface area contributed by atoms with Crippen LogP contribution in [0.5, 0.6) is 5.75 Å². The van der Waals surface area contributed by atoms with E-state index in [9.17, 15) is 4.79 Å². The van der Waals surface area contributed by atoms with Gasteiger partial charge in [-0.05, 0) is 41.8 Å². The topological polar surface area (TPSA) is 74.8 Å². The van der Waals surface area contributed by atoms with Crippen molar-refractivity contribution in [1.82, 2.24) is 10.6 Å². The van der Waals surface area contributed by atoms with Crippen molar-refractivity contribution in [2.45, 2.75) is 32.9 Å². The monoisotopic (exact) mass is 496 g/mol. The summed E-state index contributed by atoms with van der Waals surface area (Å²) in [6, 6.07) is 15.7. The first-order valence-corrected chi connectivity index (χ1v) is 9.10. The molecule has 0 unspecified atom stereocenters. The van der Waals surface area contributed by atoms with E-state index < -0.39 is 0 Å². The van der Waals surface area contributed by atoms with Crippen LogP contribution >= 0.6 is 24.0 Å². The molecule has 0 saturated heterocycles. The third kappa shape index (κ3) is 8.16. The zero-order chi connectivity index (χ0) is 19.5. The molecule has 0 bridgehead atoms. The van der Waals surface area contributed by atoms with E-state index in [0.29, 0.717) is 19.5 Å². The molecule has 0 fully saturated rings. The average Bonchev–Trinajstić information content (AvgIpc) is 2.70. The average molecular weight is 496 g/mol. The first-order valence-electron chi connectivity index (χ1n) is 9.10. The van der Waals surface area contributed by atoms with Crippen molar-refractivity contribution in [3.8, 4) is 5.75 Å². The molecule has 0 saturated carbocycles. The number of carbonyl (C=O) groups is 1. The first kappa shape index (κ1) is 23.7. The maximum atomic E-state index is 11.6. The minimum Gasteiger partial charge on any atom is -0.497 e. The van der Waals surface area contributed by atoms with E-state index in [-0.39, 0.29) is 29.9 Å². The minimum absolute atomic E-state index is 0. The largest absolute Gasteiger partial charge is 0.497 e. The van der Waals surface area contributed by atoms with Gasteiger partial charge in [-0.1, -0.05) is 31.2 Å². The minimum atomic E-state index is 0. The van der Waals surface area contributed by atoms with Crippen LogP contribution in [0.25, 0.3) is 0 Å². The summed E-state index contributed by atoms with van der Waals surface area (Å²) >= 11 is 0. The van der Waals surface area contributed by atoms with Gasteiger partial charge in [0.1, 0.15) is 5.75 Å². The highest BCUT2D eigenvalue weighted by atomic mass is 127. The van der Waals surface area contributed by atoms with Crippen molar-refractivity contribution < 1.29 is 9.53 Å². The normalized spacial score (nSPS) is 10.6. The zero-order valence-electron chi connectivity index (χ0n) is 16.6. The summed E-state index contributed by atoms with van der Waals surface area (Å²) in [4.78, 5) is 15.9. The van der Waals surface area contributed by atoms with E-state index in [1.807, 2.05) is 55.5 Å². The second-order valence-electron chi connectivity index (χ2n) is 6.12. The third-order valence-corrected chi connectivity index (χ3v) is 4.02. The van der Waals surface area contributed by atoms with Gasteiger partial charge in [-0.15, -0.1) is 24.0 Å². The number of nitrogens with zero attached hydrogens (tertiary/aromatic N) is 1. The van der Waals surface area contributed by atoms with E-state index in [1.165, 1.54) is 0 Å². The molecule has 152 valence electrons. The number of nitrogens with one attached hydrogen (secondary N) is 3. The van der Waals surface area contributed by atoms with Gasteiger partial charge in [-0.2, -0.15) is 0 Å². The number of aliphatic imine (C=N–C) groups is 1. The van der Waals surface area contributed by atoms with E-state index in [4.69, 9.17) is 4.74 Å². The Kier molecular flexibility index (Phi) is 11.0. The molecule has 2 rings (SSSR count). The molecule has 0 aliphatic rings. The van der Waals surface area contributed by atoms with Crippen molar-refractivity contribution in [1.29, 1.82) is 0 Å². The van der Waals surface area contributed by atoms with Gasteiger partial charge in [0.15, 0.2) is 5.96 Å². The number of guanidine groups is 1. The molecule has 28 heavy (non-hydrogen) atoms. The molecule has 0 radical (unpaired) electrons. The van der Waals surface area contributed by atoms with Crippen LogP contribution in [0.2, 0.25) is 0 Å². The van der Waals surface area contributed by atoms with Crippen LogP contribution in [0, 0.1) is 0 Å². The number of hydrogen-bond donors (Lipinski definition) is 3. The number of amides is 1. The van der Waals surface area contributed by atoms with Crippen molar-refractivity contribution in [3.05, 3.63) is 59.7 Å². The predicted molar refractivity (Wildman–Crippen MR) is 125 cm³/mol. The molecule has 0 aliphatic carbocycles. The molecule has 2 aromatic rings. The Morgan fingerprint density at radius 3 is 1.96 bits per heavy atom. The SMILES string of the molecule is CCCC(=O)Nc1ccc(CNC(=NC)NCc2ccc(OC)cc2)cc1.I. The van der Waals surface area contributed by atoms with Gasteiger partial charge in [0, 0.05) is 32.2 Å². The van der Waals surface area contributed by atoms with Crippen molar-refractivity contribution in [2.75, 3.05) is 19.5 Å². The van der Waals surface area contributed by atoms with Crippen LogP contribution in [0.1, 0.15) is 30.9 Å². The molecular formula is C21H29IN4O2. The second-order valence-corrected chi connectivity index (χ2v) is 6.12. The Morgan fingerprint density at radius 2 is 1.50 bits per heavy atom. The van der Waals surface area contributed by atoms with Gasteiger partial charge in [-0.3, -0.25) is 9.79 Å². The lowest BCUT2D eigenvalue weighted by Crippen LogP contribution is -2.36. The molecule has 6 nitrogen and oxygen atoms in total. The number of hydrogen-bond acceptors (Lipinski definition) is 3. The highest BCUT2D eigenvalue weighted by molar-refractivity contribution is 14.0. The fourth-order valence-corrected chi connectivity index (χ4v) is 2.49. The number of methoxy groups -OCH3 is 1. The third-order valence-electron chi connectivity index (χ3n) is 4.02. The first-order chi connectivity index (χ1) is 13.1. The summed E-state index contributed by atoms with van der Waals surface area (Å²) in [6.45, 7) is 3.31. The molecule has 0 aliphatic heterocycles. The van der Waals surface area contributed by atoms with Crippen LogP contribution in [-0.2, 0) is 17.9 Å². The quantitative estimate of drug-likeness (QED) is 0.294. The maximum absolute atomic E-state index is 11.6. The predicted octanol–water partition coefficient (Wildman–Crippen LogP) is 3.92. The maximum Gasteiger partial charge on any atom is 0.224 e. The number of carbonyl (C=O) groups excluding carboxylic acids is 1. The van der Waals surface area contributed by atoms with E-state index in [0.717, 1.165) is 34.9 Å². The Labute approximate surface area is 184 Å². The molecule has 0 heterocycles. The van der Waals surface area contributed by atoms with Crippen molar-refractivity contribution in [2.24, 2.45) is 4.99 Å². The Morgan fingerprint density at radius 1 is 0.964 bits per heavy atom. The van der Waals surface area contributed by atoms with Crippen LogP contribution in [0.15, 0.2) is 53.5 Å². The van der Waals surface area contributed by atoms with Gasteiger partial charge >= 0.3 is 0 Å². The summed E-state index contributed by atoms with van der Waals surface area (Å²) in [5.41, 5.74) is 3.07. The number of anilines is 1. The van der Waals surface area contributed by atoms with Crippen LogP contribution in [-0.4, -0.2) is 26.0 Å². The fourth-order valence-electron chi connectivity index (χ4n) is 2.49. The number of rotatable bonds is 8. The summed E-state index contributed by atoms with van der Waals surface area (Å²) in [5.74, 6) is 1.62. The number of benzene rings is 2. The molecule has 3 N–H and O–H groups in total. The standard InChI is InChI=1S/C21H28N4O2.HI/c1-4-5-20(26)25-18-10-6-16(7-11-18)14-23-21(22-2)24-15-17-8-12-19(27-3)13-9-17;/h6-13H,4-5,14-15H2,1-3H3,(H,25,26)(H2,22,23,24);1H. The summed E-state index contributed by atoms with van der Waals surface area (Å²) < 4.78 is 5.17. The van der Waals surface area contributed by atoms with Gasteiger partial charge < -0.3 is 20.7 Å². The molecular weight excluding hydrogens is 467 g/mol. The van der Waals surface area contributed by atoms with Gasteiger partial charge in [0.2, 0.25) is 5.91 Å². The molecule has 0 spiro atoms. The van der Waals surface area contributed by atoms with E-state index >= 15 is 0 Å². The van der Waals surface area contributed by atoms with E-state index in [2.05, 4.69) is 20.9 Å². The number of ether oxygens (including phenoxy) is 1. The van der Waals surface area contributed by atoms with Crippen molar-refractivity contribution >= 4 is 41.5 Å². The lowest BCUT2D eigenvalue weighted by Gasteiger charge is -2.13. The molecule has 2 aromatic carbocycles. The molecule has 0 aromatic heterocycles. The van der Waals surface area contributed by atoms with Gasteiger partial charge in [0.25, 0.3) is 0 Å². The smallest absolute Gasteiger partial charge is 0.224 e. The molecule has 7 heteroatoms. The van der Waals surface area contributed by atoms with Crippen LogP contribution in [0.4, 0.5) is 5.69 Å².